The summed E-state index contributed by atoms with van der Waals surface area (Å²) in [5, 5.41) is 13.8. The van der Waals surface area contributed by atoms with Crippen molar-refractivity contribution in [1.82, 2.24) is 5.32 Å². The lowest BCUT2D eigenvalue weighted by Crippen LogP contribution is -2.38. The van der Waals surface area contributed by atoms with Crippen molar-refractivity contribution in [3.63, 3.8) is 0 Å². The molecule has 102 valence electrons. The van der Waals surface area contributed by atoms with Crippen molar-refractivity contribution < 1.29 is 9.90 Å². The molecule has 2 aromatic rings. The van der Waals surface area contributed by atoms with E-state index in [1.54, 1.807) is 0 Å². The molecule has 19 heavy (non-hydrogen) atoms. The molecule has 0 aliphatic rings. The Bertz CT molecular complexity index is 601. The first-order valence-electron chi connectivity index (χ1n) is 6.43. The van der Waals surface area contributed by atoms with E-state index in [0.717, 1.165) is 22.1 Å². The zero-order valence-corrected chi connectivity index (χ0v) is 12.3. The number of carboxylic acids is 1. The maximum absolute atomic E-state index is 11.4. The molecule has 0 atom stereocenters. The second-order valence-corrected chi connectivity index (χ2v) is 6.35. The lowest BCUT2D eigenvalue weighted by Gasteiger charge is -2.24. The van der Waals surface area contributed by atoms with E-state index in [1.807, 2.05) is 24.3 Å². The number of fused-ring (bicyclic) bond motifs is 1. The number of aromatic carboxylic acids is 1. The standard InChI is InChI=1S/C15H19NO2S/c1-4-15(2,3)16-9-11-10-7-5-6-8-12(10)19-13(11)14(17)18/h5-8,16H,4,9H2,1-3H3,(H,17,18). The molecule has 0 aliphatic carbocycles. The Balaban J connectivity index is 2.40. The van der Waals surface area contributed by atoms with Gasteiger partial charge < -0.3 is 10.4 Å². The van der Waals surface area contributed by atoms with Crippen LogP contribution in [0.4, 0.5) is 0 Å². The summed E-state index contributed by atoms with van der Waals surface area (Å²) in [7, 11) is 0. The van der Waals surface area contributed by atoms with E-state index >= 15 is 0 Å². The van der Waals surface area contributed by atoms with Gasteiger partial charge in [0.15, 0.2) is 0 Å². The SMILES string of the molecule is CCC(C)(C)NCc1c(C(=O)O)sc2ccccc12. The van der Waals surface area contributed by atoms with E-state index in [9.17, 15) is 9.90 Å². The summed E-state index contributed by atoms with van der Waals surface area (Å²) in [5.74, 6) is -0.840. The summed E-state index contributed by atoms with van der Waals surface area (Å²) in [5.41, 5.74) is 0.911. The topological polar surface area (TPSA) is 49.3 Å². The van der Waals surface area contributed by atoms with E-state index in [4.69, 9.17) is 0 Å². The minimum atomic E-state index is -0.840. The van der Waals surface area contributed by atoms with Gasteiger partial charge in [-0.05, 0) is 37.3 Å². The first-order valence-corrected chi connectivity index (χ1v) is 7.25. The van der Waals surface area contributed by atoms with Crippen molar-refractivity contribution in [2.45, 2.75) is 39.3 Å². The smallest absolute Gasteiger partial charge is 0.346 e. The molecule has 0 bridgehead atoms. The van der Waals surface area contributed by atoms with Gasteiger partial charge in [0.05, 0.1) is 0 Å². The molecule has 1 aromatic heterocycles. The fourth-order valence-electron chi connectivity index (χ4n) is 1.90. The van der Waals surface area contributed by atoms with Gasteiger partial charge in [-0.3, -0.25) is 0 Å². The highest BCUT2D eigenvalue weighted by molar-refractivity contribution is 7.21. The molecule has 1 aromatic carbocycles. The lowest BCUT2D eigenvalue weighted by atomic mass is 10.0. The van der Waals surface area contributed by atoms with Gasteiger partial charge in [-0.25, -0.2) is 4.79 Å². The number of hydrogen-bond acceptors (Lipinski definition) is 3. The molecule has 0 saturated carbocycles. The van der Waals surface area contributed by atoms with Gasteiger partial charge in [0.25, 0.3) is 0 Å². The summed E-state index contributed by atoms with van der Waals surface area (Å²) in [6.07, 6.45) is 0.997. The van der Waals surface area contributed by atoms with Gasteiger partial charge in [0.1, 0.15) is 4.88 Å². The second-order valence-electron chi connectivity index (χ2n) is 5.30. The Hall–Kier alpha value is -1.39. The first-order chi connectivity index (χ1) is 8.94. The molecule has 4 heteroatoms. The summed E-state index contributed by atoms with van der Waals surface area (Å²) in [6.45, 7) is 6.97. The van der Waals surface area contributed by atoms with Crippen molar-refractivity contribution >= 4 is 27.4 Å². The summed E-state index contributed by atoms with van der Waals surface area (Å²) in [6, 6.07) is 7.86. The molecular weight excluding hydrogens is 258 g/mol. The Morgan fingerprint density at radius 3 is 2.68 bits per heavy atom. The number of carboxylic acid groups (broad SMARTS) is 1. The Kier molecular flexibility index (Phi) is 3.92. The van der Waals surface area contributed by atoms with Crippen molar-refractivity contribution in [3.8, 4) is 0 Å². The van der Waals surface area contributed by atoms with E-state index in [2.05, 4.69) is 26.1 Å². The van der Waals surface area contributed by atoms with Crippen molar-refractivity contribution in [3.05, 3.63) is 34.7 Å². The van der Waals surface area contributed by atoms with Crippen molar-refractivity contribution in [1.29, 1.82) is 0 Å². The van der Waals surface area contributed by atoms with Crippen LogP contribution in [-0.2, 0) is 6.54 Å². The van der Waals surface area contributed by atoms with Crippen LogP contribution < -0.4 is 5.32 Å². The first kappa shape index (κ1) is 14.0. The second kappa shape index (κ2) is 5.31. The van der Waals surface area contributed by atoms with Crippen LogP contribution in [0.5, 0.6) is 0 Å². The van der Waals surface area contributed by atoms with E-state index < -0.39 is 5.97 Å². The molecule has 2 rings (SSSR count). The number of rotatable bonds is 5. The Labute approximate surface area is 117 Å². The fraction of sp³-hybridized carbons (Fsp3) is 0.400. The van der Waals surface area contributed by atoms with E-state index in [1.165, 1.54) is 11.3 Å². The molecule has 0 radical (unpaired) electrons. The van der Waals surface area contributed by atoms with Crippen LogP contribution in [0.25, 0.3) is 10.1 Å². The van der Waals surface area contributed by atoms with E-state index in [-0.39, 0.29) is 5.54 Å². The molecule has 0 unspecified atom stereocenters. The van der Waals surface area contributed by atoms with Gasteiger partial charge in [-0.2, -0.15) is 0 Å². The summed E-state index contributed by atoms with van der Waals surface area (Å²) in [4.78, 5) is 11.8. The predicted octanol–water partition coefficient (Wildman–Crippen LogP) is 3.88. The molecule has 1 heterocycles. The third kappa shape index (κ3) is 2.96. The Morgan fingerprint density at radius 1 is 1.37 bits per heavy atom. The highest BCUT2D eigenvalue weighted by atomic mass is 32.1. The molecule has 0 amide bonds. The molecule has 0 saturated heterocycles. The normalized spacial score (nSPS) is 11.9. The van der Waals surface area contributed by atoms with Crippen LogP contribution >= 0.6 is 11.3 Å². The maximum Gasteiger partial charge on any atom is 0.346 e. The maximum atomic E-state index is 11.4. The minimum Gasteiger partial charge on any atom is -0.477 e. The average molecular weight is 277 g/mol. The van der Waals surface area contributed by atoms with Crippen LogP contribution in [0.1, 0.15) is 42.4 Å². The fourth-order valence-corrected chi connectivity index (χ4v) is 2.96. The molecule has 0 aliphatic heterocycles. The van der Waals surface area contributed by atoms with Crippen LogP contribution in [-0.4, -0.2) is 16.6 Å². The minimum absolute atomic E-state index is 0.0127. The van der Waals surface area contributed by atoms with Gasteiger partial charge in [-0.15, -0.1) is 11.3 Å². The van der Waals surface area contributed by atoms with Gasteiger partial charge in [-0.1, -0.05) is 25.1 Å². The zero-order valence-electron chi connectivity index (χ0n) is 11.5. The van der Waals surface area contributed by atoms with Crippen LogP contribution in [0.3, 0.4) is 0 Å². The highest BCUT2D eigenvalue weighted by Gasteiger charge is 2.20. The molecule has 0 spiro atoms. The number of benzene rings is 1. The van der Waals surface area contributed by atoms with E-state index in [0.29, 0.717) is 11.4 Å². The third-order valence-corrected chi connectivity index (χ3v) is 4.72. The zero-order chi connectivity index (χ0) is 14.0. The molecule has 2 N–H and O–H groups in total. The monoisotopic (exact) mass is 277 g/mol. The number of nitrogens with one attached hydrogen (secondary N) is 1. The summed E-state index contributed by atoms with van der Waals surface area (Å²) < 4.78 is 1.03. The predicted molar refractivity (Wildman–Crippen MR) is 80.0 cm³/mol. The molecule has 3 nitrogen and oxygen atoms in total. The number of thiophene rings is 1. The number of hydrogen-bond donors (Lipinski definition) is 2. The largest absolute Gasteiger partial charge is 0.477 e. The summed E-state index contributed by atoms with van der Waals surface area (Å²) >= 11 is 1.35. The van der Waals surface area contributed by atoms with Crippen molar-refractivity contribution in [2.75, 3.05) is 0 Å². The van der Waals surface area contributed by atoms with Crippen molar-refractivity contribution in [2.24, 2.45) is 0 Å². The average Bonchev–Trinajstić information content (AvgIpc) is 2.75. The van der Waals surface area contributed by atoms with Gasteiger partial charge in [0, 0.05) is 16.8 Å². The highest BCUT2D eigenvalue weighted by Crippen LogP contribution is 2.31. The Morgan fingerprint density at radius 2 is 2.05 bits per heavy atom. The van der Waals surface area contributed by atoms with Gasteiger partial charge in [0.2, 0.25) is 0 Å². The lowest BCUT2D eigenvalue weighted by molar-refractivity contribution is 0.0701. The molecule has 0 fully saturated rings. The quantitative estimate of drug-likeness (QED) is 0.872. The third-order valence-electron chi connectivity index (χ3n) is 3.52. The van der Waals surface area contributed by atoms with Crippen LogP contribution in [0.15, 0.2) is 24.3 Å². The number of carbonyl (C=O) groups is 1. The van der Waals surface area contributed by atoms with Crippen LogP contribution in [0, 0.1) is 0 Å². The van der Waals surface area contributed by atoms with Gasteiger partial charge >= 0.3 is 5.97 Å². The van der Waals surface area contributed by atoms with Crippen LogP contribution in [0.2, 0.25) is 0 Å². The molecular formula is C15H19NO2S.